The van der Waals surface area contributed by atoms with Crippen LogP contribution in [-0.2, 0) is 6.42 Å². The summed E-state index contributed by atoms with van der Waals surface area (Å²) in [6, 6.07) is 6.01. The van der Waals surface area contributed by atoms with E-state index in [0.29, 0.717) is 5.92 Å². The lowest BCUT2D eigenvalue weighted by molar-refractivity contribution is 0.393. The average molecular weight is 273 g/mol. The quantitative estimate of drug-likeness (QED) is 0.766. The Morgan fingerprint density at radius 1 is 1.13 bits per heavy atom. The minimum absolute atomic E-state index is 0.613. The molecule has 15 heavy (non-hydrogen) atoms. The van der Waals surface area contributed by atoms with Crippen LogP contribution in [-0.4, -0.2) is 19.5 Å². The molecule has 0 amide bonds. The van der Waals surface area contributed by atoms with Gasteiger partial charge in [-0.2, -0.15) is 0 Å². The molecule has 0 aliphatic rings. The molecule has 2 nitrogen and oxygen atoms in total. The van der Waals surface area contributed by atoms with Crippen LogP contribution in [0.4, 0.5) is 0 Å². The van der Waals surface area contributed by atoms with E-state index in [-0.39, 0.29) is 0 Å². The van der Waals surface area contributed by atoms with Gasteiger partial charge in [0.2, 0.25) is 0 Å². The van der Waals surface area contributed by atoms with Crippen LogP contribution in [0.25, 0.3) is 0 Å². The molecule has 84 valence electrons. The molecule has 3 heteroatoms. The van der Waals surface area contributed by atoms with E-state index in [1.807, 2.05) is 6.07 Å². The molecule has 0 heterocycles. The molecule has 0 saturated heterocycles. The molecule has 0 radical (unpaired) electrons. The SMILES string of the molecule is COc1cc(CC(C)CBr)cc(OC)c1. The van der Waals surface area contributed by atoms with E-state index in [1.54, 1.807) is 14.2 Å². The van der Waals surface area contributed by atoms with Gasteiger partial charge in [0.15, 0.2) is 0 Å². The molecule has 0 N–H and O–H groups in total. The summed E-state index contributed by atoms with van der Waals surface area (Å²) in [6.45, 7) is 2.21. The second-order valence-corrected chi connectivity index (χ2v) is 4.33. The average Bonchev–Trinajstić information content (AvgIpc) is 2.28. The zero-order chi connectivity index (χ0) is 11.3. The van der Waals surface area contributed by atoms with Gasteiger partial charge in [-0.3, -0.25) is 0 Å². The molecule has 0 saturated carbocycles. The van der Waals surface area contributed by atoms with Crippen LogP contribution in [0.1, 0.15) is 12.5 Å². The van der Waals surface area contributed by atoms with E-state index < -0.39 is 0 Å². The van der Waals surface area contributed by atoms with E-state index in [1.165, 1.54) is 5.56 Å². The molecule has 1 rings (SSSR count). The lowest BCUT2D eigenvalue weighted by Crippen LogP contribution is -2.01. The molecule has 0 spiro atoms. The van der Waals surface area contributed by atoms with Crippen LogP contribution in [0, 0.1) is 5.92 Å². The number of hydrogen-bond acceptors (Lipinski definition) is 2. The van der Waals surface area contributed by atoms with Crippen molar-refractivity contribution in [1.82, 2.24) is 0 Å². The largest absolute Gasteiger partial charge is 0.497 e. The Balaban J connectivity index is 2.86. The van der Waals surface area contributed by atoms with Gasteiger partial charge in [0, 0.05) is 11.4 Å². The van der Waals surface area contributed by atoms with Gasteiger partial charge in [0.1, 0.15) is 11.5 Å². The summed E-state index contributed by atoms with van der Waals surface area (Å²) in [5.41, 5.74) is 1.25. The van der Waals surface area contributed by atoms with Crippen molar-refractivity contribution in [1.29, 1.82) is 0 Å². The summed E-state index contributed by atoms with van der Waals surface area (Å²) in [5.74, 6) is 2.32. The molecular weight excluding hydrogens is 256 g/mol. The number of halogens is 1. The first-order valence-electron chi connectivity index (χ1n) is 4.97. The van der Waals surface area contributed by atoms with Gasteiger partial charge in [-0.25, -0.2) is 0 Å². The molecular formula is C12H17BrO2. The maximum Gasteiger partial charge on any atom is 0.122 e. The summed E-state index contributed by atoms with van der Waals surface area (Å²) in [6.07, 6.45) is 1.03. The maximum atomic E-state index is 5.22. The fraction of sp³-hybridized carbons (Fsp3) is 0.500. The maximum absolute atomic E-state index is 5.22. The minimum Gasteiger partial charge on any atom is -0.497 e. The first-order valence-corrected chi connectivity index (χ1v) is 6.09. The predicted octanol–water partition coefficient (Wildman–Crippen LogP) is 3.28. The van der Waals surface area contributed by atoms with Crippen molar-refractivity contribution in [2.75, 3.05) is 19.5 Å². The highest BCUT2D eigenvalue weighted by Crippen LogP contribution is 2.24. The normalized spacial score (nSPS) is 12.3. The minimum atomic E-state index is 0.613. The van der Waals surface area contributed by atoms with Gasteiger partial charge < -0.3 is 9.47 Å². The van der Waals surface area contributed by atoms with Crippen LogP contribution >= 0.6 is 15.9 Å². The number of hydrogen-bond donors (Lipinski definition) is 0. The zero-order valence-electron chi connectivity index (χ0n) is 9.42. The van der Waals surface area contributed by atoms with Crippen molar-refractivity contribution >= 4 is 15.9 Å². The van der Waals surface area contributed by atoms with Gasteiger partial charge in [-0.15, -0.1) is 0 Å². The number of methoxy groups -OCH3 is 2. The summed E-state index contributed by atoms with van der Waals surface area (Å²) in [4.78, 5) is 0. The van der Waals surface area contributed by atoms with Crippen LogP contribution in [0.5, 0.6) is 11.5 Å². The van der Waals surface area contributed by atoms with Crippen molar-refractivity contribution in [2.45, 2.75) is 13.3 Å². The monoisotopic (exact) mass is 272 g/mol. The summed E-state index contributed by atoms with van der Waals surface area (Å²) in [7, 11) is 3.35. The molecule has 0 aliphatic carbocycles. The Kier molecular flexibility index (Phi) is 4.95. The molecule has 0 aliphatic heterocycles. The van der Waals surface area contributed by atoms with E-state index in [0.717, 1.165) is 23.2 Å². The molecule has 1 unspecified atom stereocenters. The van der Waals surface area contributed by atoms with Crippen molar-refractivity contribution in [2.24, 2.45) is 5.92 Å². The van der Waals surface area contributed by atoms with Gasteiger partial charge in [-0.1, -0.05) is 22.9 Å². The molecule has 0 aromatic heterocycles. The Hall–Kier alpha value is -0.700. The van der Waals surface area contributed by atoms with Crippen molar-refractivity contribution in [3.63, 3.8) is 0 Å². The van der Waals surface area contributed by atoms with Crippen LogP contribution in [0.15, 0.2) is 18.2 Å². The van der Waals surface area contributed by atoms with Crippen molar-refractivity contribution < 1.29 is 9.47 Å². The first kappa shape index (κ1) is 12.4. The zero-order valence-corrected chi connectivity index (χ0v) is 11.0. The standard InChI is InChI=1S/C12H17BrO2/c1-9(8-13)4-10-5-11(14-2)7-12(6-10)15-3/h5-7,9H,4,8H2,1-3H3. The van der Waals surface area contributed by atoms with Crippen molar-refractivity contribution in [3.05, 3.63) is 23.8 Å². The molecule has 1 aromatic rings. The van der Waals surface area contributed by atoms with E-state index >= 15 is 0 Å². The molecule has 1 atom stereocenters. The summed E-state index contributed by atoms with van der Waals surface area (Å²) >= 11 is 3.48. The summed E-state index contributed by atoms with van der Waals surface area (Å²) in [5, 5.41) is 1.01. The van der Waals surface area contributed by atoms with E-state index in [9.17, 15) is 0 Å². The second kappa shape index (κ2) is 6.01. The van der Waals surface area contributed by atoms with E-state index in [2.05, 4.69) is 35.0 Å². The molecule has 0 fully saturated rings. The number of rotatable bonds is 5. The second-order valence-electron chi connectivity index (χ2n) is 3.68. The highest BCUT2D eigenvalue weighted by Gasteiger charge is 2.05. The lowest BCUT2D eigenvalue weighted by Gasteiger charge is -2.11. The fourth-order valence-corrected chi connectivity index (χ4v) is 1.67. The third kappa shape index (κ3) is 3.74. The highest BCUT2D eigenvalue weighted by molar-refractivity contribution is 9.09. The van der Waals surface area contributed by atoms with Crippen LogP contribution < -0.4 is 9.47 Å². The highest BCUT2D eigenvalue weighted by atomic mass is 79.9. The fourth-order valence-electron chi connectivity index (χ4n) is 1.44. The smallest absolute Gasteiger partial charge is 0.122 e. The Labute approximate surface area is 99.7 Å². The topological polar surface area (TPSA) is 18.5 Å². The Morgan fingerprint density at radius 3 is 2.07 bits per heavy atom. The summed E-state index contributed by atoms with van der Waals surface area (Å²) < 4.78 is 10.4. The van der Waals surface area contributed by atoms with Gasteiger partial charge in [-0.05, 0) is 30.0 Å². The lowest BCUT2D eigenvalue weighted by atomic mass is 10.0. The third-order valence-corrected chi connectivity index (χ3v) is 3.36. The molecule has 1 aromatic carbocycles. The number of benzene rings is 1. The van der Waals surface area contributed by atoms with Gasteiger partial charge >= 0.3 is 0 Å². The van der Waals surface area contributed by atoms with Gasteiger partial charge in [0.05, 0.1) is 14.2 Å². The number of alkyl halides is 1. The Morgan fingerprint density at radius 2 is 1.67 bits per heavy atom. The first-order chi connectivity index (χ1) is 7.19. The molecule has 0 bridgehead atoms. The van der Waals surface area contributed by atoms with Crippen LogP contribution in [0.3, 0.4) is 0 Å². The van der Waals surface area contributed by atoms with Crippen LogP contribution in [0.2, 0.25) is 0 Å². The number of ether oxygens (including phenoxy) is 2. The third-order valence-electron chi connectivity index (χ3n) is 2.26. The van der Waals surface area contributed by atoms with Gasteiger partial charge in [0.25, 0.3) is 0 Å². The predicted molar refractivity (Wildman–Crippen MR) is 66.2 cm³/mol. The van der Waals surface area contributed by atoms with Crippen molar-refractivity contribution in [3.8, 4) is 11.5 Å². The Bertz CT molecular complexity index is 290. The van der Waals surface area contributed by atoms with E-state index in [4.69, 9.17) is 9.47 Å².